The summed E-state index contributed by atoms with van der Waals surface area (Å²) in [6.45, 7) is 2.71. The van der Waals surface area contributed by atoms with Crippen LogP contribution < -0.4 is 4.74 Å². The van der Waals surface area contributed by atoms with Gasteiger partial charge in [-0.05, 0) is 70.8 Å². The fourth-order valence-corrected chi connectivity index (χ4v) is 3.71. The smallest absolute Gasteiger partial charge is 0.339 e. The number of carbonyl (C=O) groups is 2. The number of methoxy groups -OCH3 is 1. The lowest BCUT2D eigenvalue weighted by atomic mass is 9.99. The minimum absolute atomic E-state index is 0.170. The maximum Gasteiger partial charge on any atom is 0.339 e. The summed E-state index contributed by atoms with van der Waals surface area (Å²) in [7, 11) is 1.34. The number of hydrogen-bond donors (Lipinski definition) is 0. The van der Waals surface area contributed by atoms with Crippen molar-refractivity contribution in [1.29, 1.82) is 0 Å². The minimum atomic E-state index is -0.434. The van der Waals surface area contributed by atoms with Crippen molar-refractivity contribution < 1.29 is 23.8 Å². The second-order valence-corrected chi connectivity index (χ2v) is 7.89. The van der Waals surface area contributed by atoms with Crippen LogP contribution in [0, 0.1) is 0 Å². The number of rotatable bonds is 8. The summed E-state index contributed by atoms with van der Waals surface area (Å²) in [5, 5.41) is 1.99. The van der Waals surface area contributed by atoms with Crippen molar-refractivity contribution in [3.63, 3.8) is 0 Å². The molecule has 35 heavy (non-hydrogen) atoms. The Bertz CT molecular complexity index is 1350. The van der Waals surface area contributed by atoms with E-state index in [0.29, 0.717) is 17.7 Å². The maximum absolute atomic E-state index is 13.2. The van der Waals surface area contributed by atoms with Crippen molar-refractivity contribution in [3.05, 3.63) is 113 Å². The van der Waals surface area contributed by atoms with E-state index >= 15 is 0 Å². The monoisotopic (exact) mass is 466 g/mol. The highest BCUT2D eigenvalue weighted by Gasteiger charge is 2.16. The average Bonchev–Trinajstić information content (AvgIpc) is 2.90. The molecule has 4 rings (SSSR count). The van der Waals surface area contributed by atoms with Crippen LogP contribution in [0.5, 0.6) is 5.75 Å². The first-order chi connectivity index (χ1) is 17.1. The highest BCUT2D eigenvalue weighted by molar-refractivity contribution is 6.22. The summed E-state index contributed by atoms with van der Waals surface area (Å²) in [6, 6.07) is 28.1. The van der Waals surface area contributed by atoms with E-state index in [1.54, 1.807) is 30.3 Å². The number of benzene rings is 4. The van der Waals surface area contributed by atoms with Gasteiger partial charge in [-0.25, -0.2) is 9.59 Å². The van der Waals surface area contributed by atoms with E-state index in [1.165, 1.54) is 7.11 Å². The van der Waals surface area contributed by atoms with Gasteiger partial charge in [0.15, 0.2) is 0 Å². The van der Waals surface area contributed by atoms with E-state index in [2.05, 4.69) is 0 Å². The molecule has 0 spiro atoms. The quantitative estimate of drug-likeness (QED) is 0.173. The molecule has 4 aromatic carbocycles. The fraction of sp³-hybridized carbons (Fsp3) is 0.133. The summed E-state index contributed by atoms with van der Waals surface area (Å²) in [6.07, 6.45) is 1.77. The zero-order chi connectivity index (χ0) is 24.6. The Hall–Kier alpha value is -4.38. The molecular weight excluding hydrogens is 440 g/mol. The molecule has 0 amide bonds. The van der Waals surface area contributed by atoms with Gasteiger partial charge < -0.3 is 14.2 Å². The van der Waals surface area contributed by atoms with Crippen LogP contribution in [0.15, 0.2) is 91.0 Å². The van der Waals surface area contributed by atoms with Crippen molar-refractivity contribution in [2.75, 3.05) is 13.7 Å². The Morgan fingerprint density at radius 2 is 1.49 bits per heavy atom. The van der Waals surface area contributed by atoms with Crippen LogP contribution in [0.4, 0.5) is 0 Å². The Morgan fingerprint density at radius 3 is 2.20 bits per heavy atom. The van der Waals surface area contributed by atoms with Gasteiger partial charge in [0, 0.05) is 0 Å². The van der Waals surface area contributed by atoms with E-state index < -0.39 is 11.9 Å². The Kier molecular flexibility index (Phi) is 7.58. The molecule has 0 N–H and O–H groups in total. The van der Waals surface area contributed by atoms with Gasteiger partial charge in [0.1, 0.15) is 12.4 Å². The number of ether oxygens (including phenoxy) is 3. The van der Waals surface area contributed by atoms with Gasteiger partial charge in [0.05, 0.1) is 24.9 Å². The third-order valence-electron chi connectivity index (χ3n) is 5.51. The number of carbonyl (C=O) groups excluding carboxylic acids is 2. The molecule has 0 heterocycles. The van der Waals surface area contributed by atoms with Crippen LogP contribution >= 0.6 is 0 Å². The van der Waals surface area contributed by atoms with E-state index in [0.717, 1.165) is 33.2 Å². The largest absolute Gasteiger partial charge is 0.494 e. The molecule has 0 aliphatic heterocycles. The Balaban J connectivity index is 1.68. The summed E-state index contributed by atoms with van der Waals surface area (Å²) in [5.74, 6) is -0.0448. The van der Waals surface area contributed by atoms with Crippen molar-refractivity contribution in [1.82, 2.24) is 0 Å². The number of esters is 2. The van der Waals surface area contributed by atoms with Crippen LogP contribution in [0.1, 0.15) is 34.0 Å². The molecule has 0 bridgehead atoms. The van der Waals surface area contributed by atoms with Gasteiger partial charge in [0.2, 0.25) is 0 Å². The molecule has 4 aromatic rings. The summed E-state index contributed by atoms with van der Waals surface area (Å²) >= 11 is 0. The predicted octanol–water partition coefficient (Wildman–Crippen LogP) is 6.31. The molecule has 5 nitrogen and oxygen atoms in total. The molecule has 0 saturated carbocycles. The van der Waals surface area contributed by atoms with E-state index in [1.807, 2.05) is 73.7 Å². The molecule has 176 valence electrons. The van der Waals surface area contributed by atoms with Crippen molar-refractivity contribution >= 4 is 34.4 Å². The van der Waals surface area contributed by atoms with Crippen molar-refractivity contribution in [2.24, 2.45) is 0 Å². The standard InChI is InChI=1S/C30H26O5/c1-3-34-27-16-15-24-18-26(14-13-25(24)19-27)28(30(32)35-20-22-7-5-4-6-8-22)17-21-9-11-23(12-10-21)29(31)33-2/h4-19H,3,20H2,1-2H3/b28-17-. The molecule has 0 saturated heterocycles. The van der Waals surface area contributed by atoms with Gasteiger partial charge in [-0.3, -0.25) is 0 Å². The third-order valence-corrected chi connectivity index (χ3v) is 5.51. The van der Waals surface area contributed by atoms with E-state index in [4.69, 9.17) is 14.2 Å². The lowest BCUT2D eigenvalue weighted by molar-refractivity contribution is -0.137. The van der Waals surface area contributed by atoms with Crippen molar-refractivity contribution in [2.45, 2.75) is 13.5 Å². The van der Waals surface area contributed by atoms with Gasteiger partial charge in [-0.1, -0.05) is 60.7 Å². The molecule has 0 radical (unpaired) electrons. The van der Waals surface area contributed by atoms with E-state index in [-0.39, 0.29) is 6.61 Å². The Labute approximate surface area is 204 Å². The third kappa shape index (κ3) is 5.95. The molecule has 0 aliphatic rings. The predicted molar refractivity (Wildman–Crippen MR) is 137 cm³/mol. The minimum Gasteiger partial charge on any atom is -0.494 e. The van der Waals surface area contributed by atoms with Gasteiger partial charge in [0.25, 0.3) is 0 Å². The molecule has 0 fully saturated rings. The molecule has 0 atom stereocenters. The maximum atomic E-state index is 13.2. The fourth-order valence-electron chi connectivity index (χ4n) is 3.71. The average molecular weight is 467 g/mol. The van der Waals surface area contributed by atoms with E-state index in [9.17, 15) is 9.59 Å². The zero-order valence-electron chi connectivity index (χ0n) is 19.7. The highest BCUT2D eigenvalue weighted by atomic mass is 16.5. The molecule has 0 aromatic heterocycles. The zero-order valence-corrected chi connectivity index (χ0v) is 19.7. The van der Waals surface area contributed by atoms with Gasteiger partial charge >= 0.3 is 11.9 Å². The Morgan fingerprint density at radius 1 is 0.800 bits per heavy atom. The second kappa shape index (κ2) is 11.2. The van der Waals surface area contributed by atoms with Crippen LogP contribution in [0.2, 0.25) is 0 Å². The highest BCUT2D eigenvalue weighted by Crippen LogP contribution is 2.27. The number of hydrogen-bond acceptors (Lipinski definition) is 5. The van der Waals surface area contributed by atoms with Crippen LogP contribution in [0.3, 0.4) is 0 Å². The second-order valence-electron chi connectivity index (χ2n) is 7.89. The normalized spacial score (nSPS) is 11.2. The lowest BCUT2D eigenvalue weighted by Gasteiger charge is -2.11. The lowest BCUT2D eigenvalue weighted by Crippen LogP contribution is -2.07. The SMILES string of the molecule is CCOc1ccc2cc(/C(=C/c3ccc(C(=O)OC)cc3)C(=O)OCc3ccccc3)ccc2c1. The van der Waals surface area contributed by atoms with Gasteiger partial charge in [-0.15, -0.1) is 0 Å². The van der Waals surface area contributed by atoms with Crippen LogP contribution in [0.25, 0.3) is 22.4 Å². The van der Waals surface area contributed by atoms with Crippen LogP contribution in [-0.2, 0) is 20.9 Å². The molecular formula is C30H26O5. The first kappa shape index (κ1) is 23.8. The first-order valence-electron chi connectivity index (χ1n) is 11.4. The molecule has 5 heteroatoms. The molecule has 0 aliphatic carbocycles. The summed E-state index contributed by atoms with van der Waals surface area (Å²) < 4.78 is 16.0. The van der Waals surface area contributed by atoms with Crippen LogP contribution in [-0.4, -0.2) is 25.7 Å². The molecule has 0 unspecified atom stereocenters. The summed E-state index contributed by atoms with van der Waals surface area (Å²) in [5.41, 5.74) is 3.26. The van der Waals surface area contributed by atoms with Crippen molar-refractivity contribution in [3.8, 4) is 5.75 Å². The topological polar surface area (TPSA) is 61.8 Å². The number of fused-ring (bicyclic) bond motifs is 1. The van der Waals surface area contributed by atoms with Gasteiger partial charge in [-0.2, -0.15) is 0 Å². The first-order valence-corrected chi connectivity index (χ1v) is 11.4. The summed E-state index contributed by atoms with van der Waals surface area (Å²) in [4.78, 5) is 25.0.